The summed E-state index contributed by atoms with van der Waals surface area (Å²) in [5.74, 6) is 2.22. The Kier molecular flexibility index (Phi) is 4.53. The second kappa shape index (κ2) is 6.21. The van der Waals surface area contributed by atoms with Crippen molar-refractivity contribution in [3.63, 3.8) is 0 Å². The molecule has 0 spiro atoms. The Balaban J connectivity index is 1.58. The number of carbonyl (C=O) groups is 1. The van der Waals surface area contributed by atoms with E-state index in [2.05, 4.69) is 44.1 Å². The molecule has 6 heteroatoms. The average molecular weight is 396 g/mol. The van der Waals surface area contributed by atoms with Gasteiger partial charge in [-0.15, -0.1) is 0 Å². The Morgan fingerprint density at radius 2 is 1.96 bits per heavy atom. The summed E-state index contributed by atoms with van der Waals surface area (Å²) in [6.45, 7) is 9.82. The van der Waals surface area contributed by atoms with Crippen molar-refractivity contribution in [2.75, 3.05) is 18.0 Å². The minimum atomic E-state index is -0.459. The Morgan fingerprint density at radius 3 is 2.46 bits per heavy atom. The van der Waals surface area contributed by atoms with Crippen LogP contribution in [0.4, 0.5) is 10.6 Å². The number of rotatable bonds is 2. The molecule has 1 saturated heterocycles. The first-order valence-electron chi connectivity index (χ1n) is 8.51. The summed E-state index contributed by atoms with van der Waals surface area (Å²) >= 11 is 3.43. The maximum absolute atomic E-state index is 12.1. The number of pyridine rings is 1. The Morgan fingerprint density at radius 1 is 1.33 bits per heavy atom. The van der Waals surface area contributed by atoms with Crippen LogP contribution in [0.25, 0.3) is 0 Å². The number of fused-ring (bicyclic) bond motifs is 1. The molecule has 1 aliphatic heterocycles. The predicted octanol–water partition coefficient (Wildman–Crippen LogP) is 3.97. The van der Waals surface area contributed by atoms with Crippen LogP contribution in [0.1, 0.15) is 40.5 Å². The number of anilines is 1. The molecule has 1 amide bonds. The first kappa shape index (κ1) is 17.5. The van der Waals surface area contributed by atoms with E-state index in [0.29, 0.717) is 11.8 Å². The zero-order valence-electron chi connectivity index (χ0n) is 14.8. The summed E-state index contributed by atoms with van der Waals surface area (Å²) in [5.41, 5.74) is -0.629. The van der Waals surface area contributed by atoms with E-state index in [9.17, 15) is 4.79 Å². The van der Waals surface area contributed by atoms with E-state index < -0.39 is 5.60 Å². The number of aromatic nitrogens is 1. The second-order valence-corrected chi connectivity index (χ2v) is 9.27. The van der Waals surface area contributed by atoms with Gasteiger partial charge in [-0.2, -0.15) is 0 Å². The van der Waals surface area contributed by atoms with E-state index in [1.807, 2.05) is 33.0 Å². The van der Waals surface area contributed by atoms with E-state index >= 15 is 0 Å². The van der Waals surface area contributed by atoms with Crippen LogP contribution in [0.3, 0.4) is 0 Å². The van der Waals surface area contributed by atoms with Gasteiger partial charge >= 0.3 is 6.09 Å². The highest BCUT2D eigenvalue weighted by molar-refractivity contribution is 9.10. The Hall–Kier alpha value is -1.30. The molecule has 2 aliphatic rings. The number of hydrogen-bond acceptors (Lipinski definition) is 4. The number of halogens is 1. The molecule has 1 N–H and O–H groups in total. The molecule has 0 radical (unpaired) electrons. The molecule has 1 aromatic rings. The molecular formula is C18H26BrN3O2. The van der Waals surface area contributed by atoms with Gasteiger partial charge in [0.05, 0.1) is 0 Å². The number of hydrogen-bond donors (Lipinski definition) is 1. The Bertz CT molecular complexity index is 598. The number of carbonyl (C=O) groups excluding carboxylic acids is 1. The second-order valence-electron chi connectivity index (χ2n) is 8.36. The molecule has 5 nitrogen and oxygen atoms in total. The van der Waals surface area contributed by atoms with Crippen molar-refractivity contribution in [3.05, 3.63) is 22.8 Å². The van der Waals surface area contributed by atoms with Gasteiger partial charge in [0.15, 0.2) is 0 Å². The van der Waals surface area contributed by atoms with Gasteiger partial charge in [0.2, 0.25) is 0 Å². The van der Waals surface area contributed by atoms with Gasteiger partial charge in [-0.25, -0.2) is 9.78 Å². The molecule has 2 fully saturated rings. The molecule has 3 atom stereocenters. The quantitative estimate of drug-likeness (QED) is 0.822. The van der Waals surface area contributed by atoms with Gasteiger partial charge in [-0.3, -0.25) is 0 Å². The number of ether oxygens (including phenoxy) is 1. The molecule has 1 aromatic heterocycles. The zero-order valence-corrected chi connectivity index (χ0v) is 16.4. The lowest BCUT2D eigenvalue weighted by molar-refractivity contribution is 0.0462. The number of nitrogens with one attached hydrogen (secondary N) is 1. The van der Waals surface area contributed by atoms with Gasteiger partial charge in [0, 0.05) is 29.3 Å². The third-order valence-electron chi connectivity index (χ3n) is 4.84. The third-order valence-corrected chi connectivity index (χ3v) is 5.31. The van der Waals surface area contributed by atoms with Crippen LogP contribution in [-0.4, -0.2) is 35.3 Å². The minimum absolute atomic E-state index is 0.170. The fourth-order valence-corrected chi connectivity index (χ4v) is 4.27. The van der Waals surface area contributed by atoms with Gasteiger partial charge in [0.25, 0.3) is 0 Å². The van der Waals surface area contributed by atoms with Crippen molar-refractivity contribution in [2.24, 2.45) is 11.8 Å². The lowest BCUT2D eigenvalue weighted by Crippen LogP contribution is -2.47. The van der Waals surface area contributed by atoms with Crippen LogP contribution >= 0.6 is 15.9 Å². The maximum atomic E-state index is 12.1. The molecule has 1 aliphatic carbocycles. The molecule has 1 saturated carbocycles. The molecule has 0 unspecified atom stereocenters. The van der Waals surface area contributed by atoms with Crippen molar-refractivity contribution in [3.8, 4) is 0 Å². The minimum Gasteiger partial charge on any atom is -0.444 e. The van der Waals surface area contributed by atoms with Crippen molar-refractivity contribution >= 4 is 27.8 Å². The fourth-order valence-electron chi connectivity index (χ4n) is 4.04. The van der Waals surface area contributed by atoms with Crippen LogP contribution in [-0.2, 0) is 4.74 Å². The van der Waals surface area contributed by atoms with Crippen LogP contribution < -0.4 is 10.2 Å². The molecule has 2 heterocycles. The average Bonchev–Trinajstić information content (AvgIpc) is 2.91. The van der Waals surface area contributed by atoms with Gasteiger partial charge < -0.3 is 15.0 Å². The molecule has 3 rings (SSSR count). The number of amides is 1. The lowest BCUT2D eigenvalue weighted by atomic mass is 9.98. The predicted molar refractivity (Wildman–Crippen MR) is 98.1 cm³/mol. The first-order chi connectivity index (χ1) is 11.1. The molecule has 24 heavy (non-hydrogen) atoms. The van der Waals surface area contributed by atoms with Crippen LogP contribution in [0, 0.1) is 11.8 Å². The highest BCUT2D eigenvalue weighted by Gasteiger charge is 2.48. The topological polar surface area (TPSA) is 54.5 Å². The smallest absolute Gasteiger partial charge is 0.408 e. The van der Waals surface area contributed by atoms with E-state index in [1.165, 1.54) is 0 Å². The third kappa shape index (κ3) is 4.02. The van der Waals surface area contributed by atoms with Crippen LogP contribution in [0.5, 0.6) is 0 Å². The molecule has 0 bridgehead atoms. The largest absolute Gasteiger partial charge is 0.444 e. The Labute approximate surface area is 152 Å². The van der Waals surface area contributed by atoms with Crippen molar-refractivity contribution < 1.29 is 9.53 Å². The summed E-state index contributed by atoms with van der Waals surface area (Å²) in [6, 6.07) is 4.09. The summed E-state index contributed by atoms with van der Waals surface area (Å²) in [7, 11) is 0. The van der Waals surface area contributed by atoms with E-state index in [1.54, 1.807) is 0 Å². The van der Waals surface area contributed by atoms with Gasteiger partial charge in [0.1, 0.15) is 11.4 Å². The summed E-state index contributed by atoms with van der Waals surface area (Å²) < 4.78 is 6.41. The van der Waals surface area contributed by atoms with Crippen molar-refractivity contribution in [1.29, 1.82) is 0 Å². The summed E-state index contributed by atoms with van der Waals surface area (Å²) in [4.78, 5) is 19.0. The zero-order chi connectivity index (χ0) is 17.5. The first-order valence-corrected chi connectivity index (χ1v) is 9.31. The number of alkyl carbamates (subject to hydrolysis) is 1. The maximum Gasteiger partial charge on any atom is 0.408 e. The molecular weight excluding hydrogens is 370 g/mol. The SMILES string of the molecule is CC(C)(C)OC(=O)N[C@@]1(C)C[C@H]2CN(c3ccc(Br)cn3)C[C@H]2C1. The van der Waals surface area contributed by atoms with Gasteiger partial charge in [-0.05, 0) is 80.4 Å². The fraction of sp³-hybridized carbons (Fsp3) is 0.667. The standard InChI is InChI=1S/C18H26BrN3O2/c1-17(2,3)24-16(23)21-18(4)7-12-10-22(11-13(12)8-18)15-6-5-14(19)9-20-15/h5-6,9,12-13H,7-8,10-11H2,1-4H3,(H,21,23)/t12-,13+,18-. The van der Waals surface area contributed by atoms with Crippen molar-refractivity contribution in [1.82, 2.24) is 10.3 Å². The highest BCUT2D eigenvalue weighted by Crippen LogP contribution is 2.44. The van der Waals surface area contributed by atoms with E-state index in [4.69, 9.17) is 4.74 Å². The van der Waals surface area contributed by atoms with Crippen molar-refractivity contribution in [2.45, 2.75) is 51.7 Å². The lowest BCUT2D eigenvalue weighted by Gasteiger charge is -2.30. The van der Waals surface area contributed by atoms with E-state index in [0.717, 1.165) is 36.2 Å². The molecule has 132 valence electrons. The monoisotopic (exact) mass is 395 g/mol. The van der Waals surface area contributed by atoms with Crippen LogP contribution in [0.2, 0.25) is 0 Å². The normalized spacial score (nSPS) is 29.5. The van der Waals surface area contributed by atoms with Gasteiger partial charge in [-0.1, -0.05) is 0 Å². The summed E-state index contributed by atoms with van der Waals surface area (Å²) in [6.07, 6.45) is 3.52. The molecule has 0 aromatic carbocycles. The van der Waals surface area contributed by atoms with Crippen LogP contribution in [0.15, 0.2) is 22.8 Å². The van der Waals surface area contributed by atoms with E-state index in [-0.39, 0.29) is 11.6 Å². The number of nitrogens with zero attached hydrogens (tertiary/aromatic N) is 2. The summed E-state index contributed by atoms with van der Waals surface area (Å²) in [5, 5.41) is 3.10. The highest BCUT2D eigenvalue weighted by atomic mass is 79.9.